The Morgan fingerprint density at radius 2 is 2.00 bits per heavy atom. The molecule has 0 amide bonds. The molecule has 0 aromatic heterocycles. The number of allylic oxidation sites excluding steroid dienone is 1. The summed E-state index contributed by atoms with van der Waals surface area (Å²) in [6.45, 7) is 0. The second-order valence-corrected chi connectivity index (χ2v) is 3.44. The smallest absolute Gasteiger partial charge is 0.372 e. The Labute approximate surface area is 98.8 Å². The molecule has 0 aliphatic rings. The number of carboxylic acids is 1. The molecule has 1 aromatic rings. The lowest BCUT2D eigenvalue weighted by Crippen LogP contribution is -2.15. The van der Waals surface area contributed by atoms with E-state index >= 15 is 0 Å². The van der Waals surface area contributed by atoms with Gasteiger partial charge in [0.2, 0.25) is 5.78 Å². The maximum Gasteiger partial charge on any atom is 0.372 e. The highest BCUT2D eigenvalue weighted by atomic mass is 16.4. The van der Waals surface area contributed by atoms with Crippen LogP contribution in [0.15, 0.2) is 36.4 Å². The first-order valence-electron chi connectivity index (χ1n) is 5.02. The summed E-state index contributed by atoms with van der Waals surface area (Å²) in [4.78, 5) is 21.3. The summed E-state index contributed by atoms with van der Waals surface area (Å²) in [6, 6.07) is 11.2. The quantitative estimate of drug-likeness (QED) is 0.782. The molecule has 4 nitrogen and oxygen atoms in total. The Bertz CT molecular complexity index is 471. The van der Waals surface area contributed by atoms with Crippen LogP contribution in [0.4, 0.5) is 0 Å². The SMILES string of the molecule is N#CC(C=Cc1ccccc1)CC(=O)C(=O)O. The Morgan fingerprint density at radius 1 is 1.35 bits per heavy atom. The van der Waals surface area contributed by atoms with Gasteiger partial charge in [-0.2, -0.15) is 5.26 Å². The van der Waals surface area contributed by atoms with Crippen LogP contribution in [0.2, 0.25) is 0 Å². The van der Waals surface area contributed by atoms with Crippen molar-refractivity contribution in [2.75, 3.05) is 0 Å². The zero-order valence-corrected chi connectivity index (χ0v) is 9.04. The zero-order chi connectivity index (χ0) is 12.7. The lowest BCUT2D eigenvalue weighted by atomic mass is 10.0. The van der Waals surface area contributed by atoms with E-state index in [1.54, 1.807) is 6.08 Å². The van der Waals surface area contributed by atoms with Crippen LogP contribution in [0, 0.1) is 17.2 Å². The normalized spacial score (nSPS) is 11.9. The van der Waals surface area contributed by atoms with Gasteiger partial charge in [-0.3, -0.25) is 4.79 Å². The summed E-state index contributed by atoms with van der Waals surface area (Å²) >= 11 is 0. The van der Waals surface area contributed by atoms with Crippen LogP contribution < -0.4 is 0 Å². The molecule has 1 atom stereocenters. The molecule has 0 aliphatic carbocycles. The van der Waals surface area contributed by atoms with Gasteiger partial charge in [0.1, 0.15) is 0 Å². The first-order chi connectivity index (χ1) is 8.13. The summed E-state index contributed by atoms with van der Waals surface area (Å²) < 4.78 is 0. The van der Waals surface area contributed by atoms with Gasteiger partial charge in [-0.15, -0.1) is 0 Å². The first kappa shape index (κ1) is 12.7. The van der Waals surface area contributed by atoms with Crippen molar-refractivity contribution in [1.29, 1.82) is 5.26 Å². The van der Waals surface area contributed by atoms with E-state index in [0.29, 0.717) is 0 Å². The molecule has 0 heterocycles. The van der Waals surface area contributed by atoms with Crippen LogP contribution in [0.25, 0.3) is 6.08 Å². The fourth-order valence-electron chi connectivity index (χ4n) is 1.24. The average Bonchev–Trinajstić information content (AvgIpc) is 2.35. The van der Waals surface area contributed by atoms with E-state index in [4.69, 9.17) is 10.4 Å². The van der Waals surface area contributed by atoms with Crippen LogP contribution in [-0.2, 0) is 9.59 Å². The molecule has 0 fully saturated rings. The van der Waals surface area contributed by atoms with Gasteiger partial charge in [0.15, 0.2) is 0 Å². The minimum absolute atomic E-state index is 0.296. The number of hydrogen-bond donors (Lipinski definition) is 1. The monoisotopic (exact) mass is 229 g/mol. The molecule has 1 rings (SSSR count). The summed E-state index contributed by atoms with van der Waals surface area (Å²) in [5.74, 6) is -3.16. The van der Waals surface area contributed by atoms with E-state index in [9.17, 15) is 9.59 Å². The third-order valence-electron chi connectivity index (χ3n) is 2.13. The minimum atomic E-state index is -1.50. The highest BCUT2D eigenvalue weighted by molar-refractivity contribution is 6.32. The van der Waals surface area contributed by atoms with Crippen molar-refractivity contribution in [3.05, 3.63) is 42.0 Å². The van der Waals surface area contributed by atoms with Crippen LogP contribution >= 0.6 is 0 Å². The molecule has 1 aromatic carbocycles. The van der Waals surface area contributed by atoms with Crippen LogP contribution in [0.5, 0.6) is 0 Å². The number of carboxylic acid groups (broad SMARTS) is 1. The highest BCUT2D eigenvalue weighted by Crippen LogP contribution is 2.09. The van der Waals surface area contributed by atoms with Crippen molar-refractivity contribution in [2.24, 2.45) is 5.92 Å². The molecule has 0 aliphatic heterocycles. The van der Waals surface area contributed by atoms with Crippen LogP contribution in [-0.4, -0.2) is 16.9 Å². The summed E-state index contributed by atoms with van der Waals surface area (Å²) in [5, 5.41) is 17.2. The van der Waals surface area contributed by atoms with Crippen LogP contribution in [0.1, 0.15) is 12.0 Å². The predicted octanol–water partition coefficient (Wildman–Crippen LogP) is 1.88. The first-order valence-corrected chi connectivity index (χ1v) is 5.02. The number of benzene rings is 1. The van der Waals surface area contributed by atoms with Crippen molar-refractivity contribution >= 4 is 17.8 Å². The number of rotatable bonds is 5. The zero-order valence-electron chi connectivity index (χ0n) is 9.04. The van der Waals surface area contributed by atoms with Gasteiger partial charge in [-0.1, -0.05) is 42.5 Å². The standard InChI is InChI=1S/C13H11NO3/c14-9-11(8-12(15)13(16)17)7-6-10-4-2-1-3-5-10/h1-7,11H,8H2,(H,16,17). The van der Waals surface area contributed by atoms with Crippen molar-refractivity contribution < 1.29 is 14.7 Å². The lowest BCUT2D eigenvalue weighted by Gasteiger charge is -1.99. The second-order valence-electron chi connectivity index (χ2n) is 3.44. The minimum Gasteiger partial charge on any atom is -0.476 e. The van der Waals surface area contributed by atoms with Crippen molar-refractivity contribution in [1.82, 2.24) is 0 Å². The largest absolute Gasteiger partial charge is 0.476 e. The van der Waals surface area contributed by atoms with E-state index < -0.39 is 17.7 Å². The van der Waals surface area contributed by atoms with E-state index in [-0.39, 0.29) is 6.42 Å². The number of carbonyl (C=O) groups excluding carboxylic acids is 1. The molecule has 0 saturated heterocycles. The van der Waals surface area contributed by atoms with E-state index in [1.807, 2.05) is 36.4 Å². The summed E-state index contributed by atoms with van der Waals surface area (Å²) in [5.41, 5.74) is 0.899. The molecule has 0 saturated carbocycles. The maximum absolute atomic E-state index is 10.9. The Hall–Kier alpha value is -2.41. The van der Waals surface area contributed by atoms with E-state index in [1.165, 1.54) is 6.08 Å². The molecular weight excluding hydrogens is 218 g/mol. The maximum atomic E-state index is 10.9. The second kappa shape index (κ2) is 6.23. The third-order valence-corrected chi connectivity index (χ3v) is 2.13. The highest BCUT2D eigenvalue weighted by Gasteiger charge is 2.16. The number of Topliss-reactive ketones (excluding diaryl/α,β-unsaturated/α-hetero) is 1. The number of nitriles is 1. The molecule has 0 spiro atoms. The Morgan fingerprint density at radius 3 is 2.53 bits per heavy atom. The number of carbonyl (C=O) groups is 2. The molecule has 86 valence electrons. The summed E-state index contributed by atoms with van der Waals surface area (Å²) in [6.07, 6.45) is 2.94. The van der Waals surface area contributed by atoms with Crippen molar-refractivity contribution in [3.8, 4) is 6.07 Å². The molecule has 0 bridgehead atoms. The van der Waals surface area contributed by atoms with Gasteiger partial charge in [-0.25, -0.2) is 4.79 Å². The average molecular weight is 229 g/mol. The number of hydrogen-bond acceptors (Lipinski definition) is 3. The lowest BCUT2D eigenvalue weighted by molar-refractivity contribution is -0.149. The Balaban J connectivity index is 2.65. The molecule has 4 heteroatoms. The van der Waals surface area contributed by atoms with Gasteiger partial charge in [0, 0.05) is 6.42 Å². The van der Waals surface area contributed by atoms with Gasteiger partial charge >= 0.3 is 5.97 Å². The van der Waals surface area contributed by atoms with Gasteiger partial charge < -0.3 is 5.11 Å². The molecule has 1 unspecified atom stereocenters. The fraction of sp³-hybridized carbons (Fsp3) is 0.154. The van der Waals surface area contributed by atoms with Crippen molar-refractivity contribution in [3.63, 3.8) is 0 Å². The van der Waals surface area contributed by atoms with Gasteiger partial charge in [-0.05, 0) is 5.56 Å². The Kier molecular flexibility index (Phi) is 4.64. The topological polar surface area (TPSA) is 78.2 Å². The molecule has 1 N–H and O–H groups in total. The van der Waals surface area contributed by atoms with Crippen LogP contribution in [0.3, 0.4) is 0 Å². The van der Waals surface area contributed by atoms with Gasteiger partial charge in [0.05, 0.1) is 12.0 Å². The molecular formula is C13H11NO3. The van der Waals surface area contributed by atoms with E-state index in [2.05, 4.69) is 0 Å². The number of nitrogens with zero attached hydrogens (tertiary/aromatic N) is 1. The number of ketones is 1. The van der Waals surface area contributed by atoms with E-state index in [0.717, 1.165) is 5.56 Å². The van der Waals surface area contributed by atoms with Crippen molar-refractivity contribution in [2.45, 2.75) is 6.42 Å². The third kappa shape index (κ3) is 4.31. The summed E-state index contributed by atoms with van der Waals surface area (Å²) in [7, 11) is 0. The fourth-order valence-corrected chi connectivity index (χ4v) is 1.24. The molecule has 17 heavy (non-hydrogen) atoms. The molecule has 0 radical (unpaired) electrons. The van der Waals surface area contributed by atoms with Gasteiger partial charge in [0.25, 0.3) is 0 Å². The predicted molar refractivity (Wildman–Crippen MR) is 61.8 cm³/mol. The number of aliphatic carboxylic acids is 1.